The van der Waals surface area contributed by atoms with E-state index in [-0.39, 0.29) is 17.4 Å². The predicted molar refractivity (Wildman–Crippen MR) is 115 cm³/mol. The number of carbonyl (C=O) groups is 1. The van der Waals surface area contributed by atoms with Gasteiger partial charge in [0.05, 0.1) is 11.4 Å². The number of hydrogen-bond acceptors (Lipinski definition) is 3. The lowest BCUT2D eigenvalue weighted by atomic mass is 10.1. The maximum atomic E-state index is 13.4. The van der Waals surface area contributed by atoms with Gasteiger partial charge in [-0.2, -0.15) is 5.10 Å². The van der Waals surface area contributed by atoms with Gasteiger partial charge in [-0.3, -0.25) is 4.79 Å². The first-order valence-corrected chi connectivity index (χ1v) is 10.2. The number of thioether (sulfide) groups is 1. The number of benzene rings is 3. The normalized spacial score (nSPS) is 10.7. The standard InChI is InChI=1S/C23H18FN3OS/c1-29-20-13-7-16(8-14-20)22-15-21(23(28)25-18-5-3-2-4-6-18)26-27(22)19-11-9-17(24)10-12-19/h2-15H,1H3,(H,25,28). The van der Waals surface area contributed by atoms with Crippen molar-refractivity contribution in [2.75, 3.05) is 11.6 Å². The lowest BCUT2D eigenvalue weighted by molar-refractivity contribution is 0.102. The van der Waals surface area contributed by atoms with Gasteiger partial charge in [-0.15, -0.1) is 11.8 Å². The Morgan fingerprint density at radius 3 is 2.31 bits per heavy atom. The van der Waals surface area contributed by atoms with Crippen molar-refractivity contribution < 1.29 is 9.18 Å². The predicted octanol–water partition coefficient (Wildman–Crippen LogP) is 5.65. The molecule has 6 heteroatoms. The molecule has 0 fully saturated rings. The second kappa shape index (κ2) is 8.32. The van der Waals surface area contributed by atoms with Crippen LogP contribution in [0, 0.1) is 5.82 Å². The van der Waals surface area contributed by atoms with E-state index in [0.29, 0.717) is 11.4 Å². The van der Waals surface area contributed by atoms with Gasteiger partial charge in [0.1, 0.15) is 5.82 Å². The molecule has 0 saturated carbocycles. The zero-order valence-electron chi connectivity index (χ0n) is 15.7. The van der Waals surface area contributed by atoms with Crippen LogP contribution < -0.4 is 5.32 Å². The number of aromatic nitrogens is 2. The summed E-state index contributed by atoms with van der Waals surface area (Å²) < 4.78 is 15.0. The summed E-state index contributed by atoms with van der Waals surface area (Å²) in [5.74, 6) is -0.632. The molecule has 0 saturated heterocycles. The number of rotatable bonds is 5. The molecule has 1 heterocycles. The number of para-hydroxylation sites is 1. The van der Waals surface area contributed by atoms with Gasteiger partial charge in [-0.05, 0) is 60.9 Å². The van der Waals surface area contributed by atoms with Gasteiger partial charge in [0.25, 0.3) is 5.91 Å². The number of carbonyl (C=O) groups excluding carboxylic acids is 1. The summed E-state index contributed by atoms with van der Waals surface area (Å²) in [6.45, 7) is 0. The van der Waals surface area contributed by atoms with Gasteiger partial charge in [0.15, 0.2) is 5.69 Å². The van der Waals surface area contributed by atoms with E-state index in [1.807, 2.05) is 60.9 Å². The molecule has 1 N–H and O–H groups in total. The second-order valence-electron chi connectivity index (χ2n) is 6.35. The maximum absolute atomic E-state index is 13.4. The third-order valence-corrected chi connectivity index (χ3v) is 5.17. The summed E-state index contributed by atoms with van der Waals surface area (Å²) in [6, 6.07) is 25.0. The molecule has 1 aromatic heterocycles. The van der Waals surface area contributed by atoms with E-state index in [0.717, 1.165) is 16.2 Å². The summed E-state index contributed by atoms with van der Waals surface area (Å²) in [5.41, 5.74) is 3.32. The third-order valence-electron chi connectivity index (χ3n) is 4.43. The molecule has 29 heavy (non-hydrogen) atoms. The fraction of sp³-hybridized carbons (Fsp3) is 0.0435. The van der Waals surface area contributed by atoms with Gasteiger partial charge in [-0.25, -0.2) is 9.07 Å². The van der Waals surface area contributed by atoms with E-state index in [2.05, 4.69) is 10.4 Å². The van der Waals surface area contributed by atoms with Crippen LogP contribution in [0.25, 0.3) is 16.9 Å². The molecule has 144 valence electrons. The summed E-state index contributed by atoms with van der Waals surface area (Å²) in [4.78, 5) is 13.9. The number of nitrogens with zero attached hydrogens (tertiary/aromatic N) is 2. The summed E-state index contributed by atoms with van der Waals surface area (Å²) in [6.07, 6.45) is 2.02. The second-order valence-corrected chi connectivity index (χ2v) is 7.23. The Morgan fingerprint density at radius 1 is 0.966 bits per heavy atom. The van der Waals surface area contributed by atoms with Crippen molar-refractivity contribution in [3.05, 3.63) is 96.4 Å². The fourth-order valence-corrected chi connectivity index (χ4v) is 3.36. The van der Waals surface area contributed by atoms with Crippen molar-refractivity contribution >= 4 is 23.4 Å². The Bertz CT molecular complexity index is 1120. The molecular formula is C23H18FN3OS. The van der Waals surface area contributed by atoms with Crippen LogP contribution in [0.3, 0.4) is 0 Å². The van der Waals surface area contributed by atoms with Crippen LogP contribution in [0.4, 0.5) is 10.1 Å². The van der Waals surface area contributed by atoms with Crippen LogP contribution in [0.1, 0.15) is 10.5 Å². The van der Waals surface area contributed by atoms with Crippen LogP contribution in [-0.4, -0.2) is 21.9 Å². The number of hydrogen-bond donors (Lipinski definition) is 1. The van der Waals surface area contributed by atoms with E-state index in [4.69, 9.17) is 0 Å². The van der Waals surface area contributed by atoms with E-state index >= 15 is 0 Å². The molecule has 4 aromatic rings. The van der Waals surface area contributed by atoms with Crippen molar-refractivity contribution in [2.45, 2.75) is 4.90 Å². The van der Waals surface area contributed by atoms with Crippen LogP contribution >= 0.6 is 11.8 Å². The van der Waals surface area contributed by atoms with Crippen LogP contribution in [0.15, 0.2) is 89.8 Å². The Hall–Kier alpha value is -3.38. The number of nitrogens with one attached hydrogen (secondary N) is 1. The Morgan fingerprint density at radius 2 is 1.66 bits per heavy atom. The van der Waals surface area contributed by atoms with E-state index < -0.39 is 0 Å². The topological polar surface area (TPSA) is 46.9 Å². The Balaban J connectivity index is 1.75. The Kier molecular flexibility index (Phi) is 5.44. The average molecular weight is 403 g/mol. The number of amides is 1. The van der Waals surface area contributed by atoms with E-state index in [1.165, 1.54) is 12.1 Å². The third kappa shape index (κ3) is 4.22. The molecule has 4 nitrogen and oxygen atoms in total. The minimum Gasteiger partial charge on any atom is -0.321 e. The van der Waals surface area contributed by atoms with Gasteiger partial charge in [0, 0.05) is 16.1 Å². The molecule has 3 aromatic carbocycles. The van der Waals surface area contributed by atoms with E-state index in [9.17, 15) is 9.18 Å². The lowest BCUT2D eigenvalue weighted by Crippen LogP contribution is -2.13. The van der Waals surface area contributed by atoms with Gasteiger partial charge < -0.3 is 5.32 Å². The summed E-state index contributed by atoms with van der Waals surface area (Å²) in [7, 11) is 0. The molecule has 0 radical (unpaired) electrons. The SMILES string of the molecule is CSc1ccc(-c2cc(C(=O)Nc3ccccc3)nn2-c2ccc(F)cc2)cc1. The minimum atomic E-state index is -0.325. The first-order valence-electron chi connectivity index (χ1n) is 9.01. The fourth-order valence-electron chi connectivity index (χ4n) is 2.96. The molecule has 0 aliphatic heterocycles. The smallest absolute Gasteiger partial charge is 0.276 e. The highest BCUT2D eigenvalue weighted by Crippen LogP contribution is 2.27. The monoisotopic (exact) mass is 403 g/mol. The summed E-state index contributed by atoms with van der Waals surface area (Å²) >= 11 is 1.66. The van der Waals surface area contributed by atoms with Crippen molar-refractivity contribution in [1.29, 1.82) is 0 Å². The quantitative estimate of drug-likeness (QED) is 0.438. The number of halogens is 1. The molecule has 0 aliphatic carbocycles. The molecule has 0 bridgehead atoms. The van der Waals surface area contributed by atoms with Crippen molar-refractivity contribution in [3.63, 3.8) is 0 Å². The Labute approximate surface area is 172 Å². The minimum absolute atomic E-state index is 0.280. The van der Waals surface area contributed by atoms with Crippen molar-refractivity contribution in [3.8, 4) is 16.9 Å². The van der Waals surface area contributed by atoms with Gasteiger partial charge >= 0.3 is 0 Å². The van der Waals surface area contributed by atoms with Crippen molar-refractivity contribution in [1.82, 2.24) is 9.78 Å². The summed E-state index contributed by atoms with van der Waals surface area (Å²) in [5, 5.41) is 7.35. The van der Waals surface area contributed by atoms with Gasteiger partial charge in [-0.1, -0.05) is 30.3 Å². The highest BCUT2D eigenvalue weighted by Gasteiger charge is 2.17. The van der Waals surface area contributed by atoms with Crippen LogP contribution in [0.5, 0.6) is 0 Å². The largest absolute Gasteiger partial charge is 0.321 e. The molecule has 0 atom stereocenters. The van der Waals surface area contributed by atoms with Crippen molar-refractivity contribution in [2.24, 2.45) is 0 Å². The lowest BCUT2D eigenvalue weighted by Gasteiger charge is -2.08. The average Bonchev–Trinajstić information content (AvgIpc) is 3.21. The number of anilines is 1. The molecular weight excluding hydrogens is 385 g/mol. The first-order chi connectivity index (χ1) is 14.1. The maximum Gasteiger partial charge on any atom is 0.276 e. The molecule has 4 rings (SSSR count). The highest BCUT2D eigenvalue weighted by atomic mass is 32.2. The van der Waals surface area contributed by atoms with Gasteiger partial charge in [0.2, 0.25) is 0 Å². The molecule has 1 amide bonds. The zero-order valence-corrected chi connectivity index (χ0v) is 16.5. The molecule has 0 spiro atoms. The van der Waals surface area contributed by atoms with E-state index in [1.54, 1.807) is 34.6 Å². The zero-order chi connectivity index (χ0) is 20.2. The van der Waals surface area contributed by atoms with Crippen LogP contribution in [-0.2, 0) is 0 Å². The highest BCUT2D eigenvalue weighted by molar-refractivity contribution is 7.98. The first kappa shape index (κ1) is 19.0. The van der Waals surface area contributed by atoms with Crippen LogP contribution in [0.2, 0.25) is 0 Å². The molecule has 0 aliphatic rings. The molecule has 0 unspecified atom stereocenters.